The van der Waals surface area contributed by atoms with Crippen molar-refractivity contribution in [3.05, 3.63) is 64.2 Å². The van der Waals surface area contributed by atoms with E-state index in [1.165, 1.54) is 18.4 Å². The van der Waals surface area contributed by atoms with Gasteiger partial charge in [-0.15, -0.1) is 0 Å². The molecule has 2 saturated heterocycles. The Hall–Kier alpha value is -2.04. The molecule has 4 rings (SSSR count). The van der Waals surface area contributed by atoms with E-state index in [0.717, 1.165) is 62.4 Å². The van der Waals surface area contributed by atoms with Crippen LogP contribution in [0.5, 0.6) is 5.75 Å². The van der Waals surface area contributed by atoms with E-state index < -0.39 is 0 Å². The number of rotatable bonds is 5. The Balaban J connectivity index is 1.32. The summed E-state index contributed by atoms with van der Waals surface area (Å²) in [7, 11) is 0. The van der Waals surface area contributed by atoms with Crippen LogP contribution >= 0.6 is 11.6 Å². The van der Waals surface area contributed by atoms with Crippen LogP contribution in [-0.4, -0.2) is 48.5 Å². The first-order valence-electron chi connectivity index (χ1n) is 11.5. The lowest BCUT2D eigenvalue weighted by molar-refractivity contribution is 0.0283. The predicted molar refractivity (Wildman–Crippen MR) is 126 cm³/mol. The highest BCUT2D eigenvalue weighted by molar-refractivity contribution is 6.31. The van der Waals surface area contributed by atoms with Gasteiger partial charge < -0.3 is 9.64 Å². The number of hydrogen-bond acceptors (Lipinski definition) is 3. The van der Waals surface area contributed by atoms with Crippen LogP contribution in [0, 0.1) is 12.3 Å². The summed E-state index contributed by atoms with van der Waals surface area (Å²) in [6.07, 6.45) is 4.62. The van der Waals surface area contributed by atoms with Crippen molar-refractivity contribution in [2.24, 2.45) is 5.41 Å². The average Bonchev–Trinajstić information content (AvgIpc) is 2.79. The van der Waals surface area contributed by atoms with Gasteiger partial charge in [0.2, 0.25) is 0 Å². The lowest BCUT2D eigenvalue weighted by atomic mass is 9.71. The minimum atomic E-state index is 0.125. The van der Waals surface area contributed by atoms with Crippen LogP contribution in [0.15, 0.2) is 42.5 Å². The highest BCUT2D eigenvalue weighted by Crippen LogP contribution is 2.42. The summed E-state index contributed by atoms with van der Waals surface area (Å²) in [5.74, 6) is 1.13. The van der Waals surface area contributed by atoms with Gasteiger partial charge in [-0.25, -0.2) is 0 Å². The number of ether oxygens (including phenoxy) is 1. The molecule has 0 N–H and O–H groups in total. The monoisotopic (exact) mass is 440 g/mol. The lowest BCUT2D eigenvalue weighted by Gasteiger charge is -2.47. The van der Waals surface area contributed by atoms with Gasteiger partial charge in [0.05, 0.1) is 6.61 Å². The molecule has 166 valence electrons. The average molecular weight is 441 g/mol. The van der Waals surface area contributed by atoms with Crippen LogP contribution in [0.25, 0.3) is 0 Å². The van der Waals surface area contributed by atoms with E-state index in [2.05, 4.69) is 23.1 Å². The fourth-order valence-electron chi connectivity index (χ4n) is 5.05. The normalized spacial score (nSPS) is 18.9. The molecule has 0 bridgehead atoms. The molecule has 0 unspecified atom stereocenters. The SMILES string of the molecule is CCOc1ccccc1CN1CCC2(CC1)CCN(C(=O)c1cccc(Cl)c1C)CC2. The number of carbonyl (C=O) groups excluding carboxylic acids is 1. The molecular formula is C26H33ClN2O2. The van der Waals surface area contributed by atoms with Gasteiger partial charge in [-0.3, -0.25) is 9.69 Å². The van der Waals surface area contributed by atoms with Crippen LogP contribution in [0.1, 0.15) is 54.1 Å². The molecule has 0 aromatic heterocycles. The fourth-order valence-corrected chi connectivity index (χ4v) is 5.23. The van der Waals surface area contributed by atoms with Crippen molar-refractivity contribution < 1.29 is 9.53 Å². The smallest absolute Gasteiger partial charge is 0.254 e. The van der Waals surface area contributed by atoms with Gasteiger partial charge in [-0.2, -0.15) is 0 Å². The van der Waals surface area contributed by atoms with E-state index >= 15 is 0 Å². The number of hydrogen-bond donors (Lipinski definition) is 0. The summed E-state index contributed by atoms with van der Waals surface area (Å²) in [5, 5.41) is 0.664. The number of carbonyl (C=O) groups is 1. The summed E-state index contributed by atoms with van der Waals surface area (Å²) < 4.78 is 5.80. The van der Waals surface area contributed by atoms with E-state index in [9.17, 15) is 4.79 Å². The minimum Gasteiger partial charge on any atom is -0.494 e. The molecule has 2 fully saturated rings. The second-order valence-electron chi connectivity index (χ2n) is 9.02. The number of amides is 1. The molecular weight excluding hydrogens is 408 g/mol. The Morgan fingerprint density at radius 2 is 1.68 bits per heavy atom. The third kappa shape index (κ3) is 4.91. The van der Waals surface area contributed by atoms with Crippen LogP contribution < -0.4 is 4.74 Å². The molecule has 4 nitrogen and oxygen atoms in total. The summed E-state index contributed by atoms with van der Waals surface area (Å²) in [5.41, 5.74) is 3.29. The van der Waals surface area contributed by atoms with Crippen LogP contribution in [0.2, 0.25) is 5.02 Å². The first kappa shape index (κ1) is 22.2. The summed E-state index contributed by atoms with van der Waals surface area (Å²) >= 11 is 6.23. The summed E-state index contributed by atoms with van der Waals surface area (Å²) in [6, 6.07) is 14.0. The van der Waals surface area contributed by atoms with E-state index in [0.29, 0.717) is 17.0 Å². The van der Waals surface area contributed by atoms with Crippen LogP contribution in [-0.2, 0) is 6.54 Å². The van der Waals surface area contributed by atoms with Gasteiger partial charge in [-0.05, 0) is 81.8 Å². The minimum absolute atomic E-state index is 0.125. The van der Waals surface area contributed by atoms with Crippen molar-refractivity contribution in [1.82, 2.24) is 9.80 Å². The number of para-hydroxylation sites is 1. The van der Waals surface area contributed by atoms with Gasteiger partial charge in [0.1, 0.15) is 5.75 Å². The van der Waals surface area contributed by atoms with E-state index in [-0.39, 0.29) is 5.91 Å². The Morgan fingerprint density at radius 1 is 1.00 bits per heavy atom. The predicted octanol–water partition coefficient (Wildman–Crippen LogP) is 5.57. The molecule has 2 aromatic carbocycles. The Kier molecular flexibility index (Phi) is 6.88. The standard InChI is InChI=1S/C26H33ClN2O2/c1-3-31-24-10-5-4-7-21(24)19-28-15-11-26(12-16-28)13-17-29(18-14-26)25(30)22-8-6-9-23(27)20(22)2/h4-10H,3,11-19H2,1-2H3. The first-order chi connectivity index (χ1) is 15.0. The highest BCUT2D eigenvalue weighted by atomic mass is 35.5. The third-order valence-electron chi connectivity index (χ3n) is 7.19. The molecule has 2 aliphatic heterocycles. The van der Waals surface area contributed by atoms with Crippen molar-refractivity contribution in [3.8, 4) is 5.75 Å². The zero-order valence-corrected chi connectivity index (χ0v) is 19.5. The molecule has 0 aliphatic carbocycles. The van der Waals surface area contributed by atoms with E-state index in [4.69, 9.17) is 16.3 Å². The largest absolute Gasteiger partial charge is 0.494 e. The molecule has 5 heteroatoms. The molecule has 2 aromatic rings. The van der Waals surface area contributed by atoms with Gasteiger partial charge in [0.15, 0.2) is 0 Å². The Labute approximate surface area is 191 Å². The number of halogens is 1. The maximum absolute atomic E-state index is 13.0. The van der Waals surface area contributed by atoms with Gasteiger partial charge >= 0.3 is 0 Å². The van der Waals surface area contributed by atoms with Gasteiger partial charge in [0.25, 0.3) is 5.91 Å². The molecule has 2 heterocycles. The summed E-state index contributed by atoms with van der Waals surface area (Å²) in [6.45, 7) is 9.53. The maximum Gasteiger partial charge on any atom is 0.254 e. The molecule has 0 radical (unpaired) electrons. The van der Waals surface area contributed by atoms with Crippen molar-refractivity contribution >= 4 is 17.5 Å². The van der Waals surface area contributed by atoms with Gasteiger partial charge in [-0.1, -0.05) is 35.9 Å². The van der Waals surface area contributed by atoms with Gasteiger partial charge in [0, 0.05) is 35.8 Å². The van der Waals surface area contributed by atoms with Crippen molar-refractivity contribution in [2.75, 3.05) is 32.8 Å². The first-order valence-corrected chi connectivity index (χ1v) is 11.9. The van der Waals surface area contributed by atoms with Crippen LogP contribution in [0.4, 0.5) is 0 Å². The van der Waals surface area contributed by atoms with E-state index in [1.807, 2.05) is 43.0 Å². The molecule has 31 heavy (non-hydrogen) atoms. The second kappa shape index (κ2) is 9.62. The Morgan fingerprint density at radius 3 is 2.39 bits per heavy atom. The third-order valence-corrected chi connectivity index (χ3v) is 7.60. The molecule has 0 atom stereocenters. The van der Waals surface area contributed by atoms with E-state index in [1.54, 1.807) is 0 Å². The topological polar surface area (TPSA) is 32.8 Å². The van der Waals surface area contributed by atoms with Crippen molar-refractivity contribution in [3.63, 3.8) is 0 Å². The lowest BCUT2D eigenvalue weighted by Crippen LogP contribution is -2.48. The second-order valence-corrected chi connectivity index (χ2v) is 9.43. The Bertz CT molecular complexity index is 911. The molecule has 1 spiro atoms. The molecule has 1 amide bonds. The zero-order valence-electron chi connectivity index (χ0n) is 18.7. The number of nitrogens with zero attached hydrogens (tertiary/aromatic N) is 2. The quantitative estimate of drug-likeness (QED) is 0.609. The highest BCUT2D eigenvalue weighted by Gasteiger charge is 2.38. The van der Waals surface area contributed by atoms with Crippen LogP contribution in [0.3, 0.4) is 0 Å². The zero-order chi connectivity index (χ0) is 21.8. The summed E-state index contributed by atoms with van der Waals surface area (Å²) in [4.78, 5) is 17.6. The maximum atomic E-state index is 13.0. The van der Waals surface area contributed by atoms with Crippen molar-refractivity contribution in [1.29, 1.82) is 0 Å². The number of benzene rings is 2. The fraction of sp³-hybridized carbons (Fsp3) is 0.500. The molecule has 2 aliphatic rings. The number of piperidine rings is 2. The van der Waals surface area contributed by atoms with Crippen molar-refractivity contribution in [2.45, 2.75) is 46.1 Å². The molecule has 0 saturated carbocycles. The number of likely N-dealkylation sites (tertiary alicyclic amines) is 2.